The van der Waals surface area contributed by atoms with Crippen LogP contribution in [0.1, 0.15) is 29.7 Å². The molecule has 3 N–H and O–H groups in total. The molecule has 0 aliphatic rings. The Morgan fingerprint density at radius 1 is 1.54 bits per heavy atom. The van der Waals surface area contributed by atoms with Gasteiger partial charge in [-0.1, -0.05) is 6.07 Å². The summed E-state index contributed by atoms with van der Waals surface area (Å²) in [6.45, 7) is 3.68. The third-order valence-electron chi connectivity index (χ3n) is 2.03. The highest BCUT2D eigenvalue weighted by Gasteiger charge is 2.09. The molecule has 72 valence electrons. The molecule has 0 fully saturated rings. The first kappa shape index (κ1) is 10.4. The van der Waals surface area contributed by atoms with Crippen molar-refractivity contribution in [2.45, 2.75) is 25.8 Å². The molecule has 0 heterocycles. The van der Waals surface area contributed by atoms with Crippen molar-refractivity contribution in [2.75, 3.05) is 0 Å². The lowest BCUT2D eigenvalue weighted by molar-refractivity contribution is 0.459. The highest BCUT2D eigenvalue weighted by molar-refractivity contribution is 6.17. The van der Waals surface area contributed by atoms with E-state index in [0.29, 0.717) is 5.88 Å². The van der Waals surface area contributed by atoms with Crippen molar-refractivity contribution in [1.29, 1.82) is 0 Å². The van der Waals surface area contributed by atoms with Crippen LogP contribution in [0.25, 0.3) is 0 Å². The summed E-state index contributed by atoms with van der Waals surface area (Å²) < 4.78 is 0. The van der Waals surface area contributed by atoms with Gasteiger partial charge in [0.25, 0.3) is 0 Å². The van der Waals surface area contributed by atoms with Gasteiger partial charge in [-0.2, -0.15) is 0 Å². The maximum absolute atomic E-state index is 9.66. The van der Waals surface area contributed by atoms with Gasteiger partial charge >= 0.3 is 0 Å². The zero-order valence-electron chi connectivity index (χ0n) is 7.84. The van der Waals surface area contributed by atoms with E-state index in [1.165, 1.54) is 0 Å². The quantitative estimate of drug-likeness (QED) is 0.719. The second-order valence-corrected chi connectivity index (χ2v) is 3.54. The van der Waals surface area contributed by atoms with Gasteiger partial charge in [-0.05, 0) is 31.0 Å². The summed E-state index contributed by atoms with van der Waals surface area (Å²) in [6, 6.07) is 3.55. The number of hydrogen-bond donors (Lipinski definition) is 2. The lowest BCUT2D eigenvalue weighted by Crippen LogP contribution is -2.06. The summed E-state index contributed by atoms with van der Waals surface area (Å²) in [6.07, 6.45) is 0. The molecule has 0 spiro atoms. The Morgan fingerprint density at radius 2 is 2.15 bits per heavy atom. The predicted molar refractivity (Wildman–Crippen MR) is 55.0 cm³/mol. The Balaban J connectivity index is 3.25. The zero-order valence-corrected chi connectivity index (χ0v) is 8.60. The normalized spacial score (nSPS) is 12.9. The molecule has 2 nitrogen and oxygen atoms in total. The van der Waals surface area contributed by atoms with E-state index in [4.69, 9.17) is 17.3 Å². The predicted octanol–water partition coefficient (Wildman–Crippen LogP) is 2.46. The summed E-state index contributed by atoms with van der Waals surface area (Å²) in [5, 5.41) is 9.66. The number of benzene rings is 1. The van der Waals surface area contributed by atoms with Crippen LogP contribution >= 0.6 is 11.6 Å². The molecule has 0 bridgehead atoms. The minimum absolute atomic E-state index is 0.165. The highest BCUT2D eigenvalue weighted by Crippen LogP contribution is 2.28. The van der Waals surface area contributed by atoms with Crippen molar-refractivity contribution in [3.63, 3.8) is 0 Å². The fourth-order valence-corrected chi connectivity index (χ4v) is 1.46. The standard InChI is InChI=1S/C10H14ClNO/c1-6-3-8(5-11)4-9(7(2)12)10(6)13/h3-4,7,13H,5,12H2,1-2H3/t7-/m1/s1. The van der Waals surface area contributed by atoms with Gasteiger partial charge in [-0.15, -0.1) is 11.6 Å². The Bertz CT molecular complexity index is 310. The first-order valence-electron chi connectivity index (χ1n) is 4.20. The molecule has 0 aliphatic heterocycles. The van der Waals surface area contributed by atoms with Crippen LogP contribution < -0.4 is 5.73 Å². The molecule has 0 amide bonds. The number of nitrogens with two attached hydrogens (primary N) is 1. The van der Waals surface area contributed by atoms with E-state index in [1.54, 1.807) is 0 Å². The van der Waals surface area contributed by atoms with E-state index in [2.05, 4.69) is 0 Å². The zero-order chi connectivity index (χ0) is 10.0. The van der Waals surface area contributed by atoms with Crippen molar-refractivity contribution in [2.24, 2.45) is 5.73 Å². The van der Waals surface area contributed by atoms with Crippen LogP contribution in [0.15, 0.2) is 12.1 Å². The van der Waals surface area contributed by atoms with Crippen molar-refractivity contribution < 1.29 is 5.11 Å². The molecule has 1 atom stereocenters. The number of phenolic OH excluding ortho intramolecular Hbond substituents is 1. The third kappa shape index (κ3) is 2.14. The summed E-state index contributed by atoms with van der Waals surface area (Å²) in [5.41, 5.74) is 8.28. The van der Waals surface area contributed by atoms with E-state index in [0.717, 1.165) is 16.7 Å². The number of phenols is 1. The van der Waals surface area contributed by atoms with Crippen molar-refractivity contribution in [3.05, 3.63) is 28.8 Å². The molecule has 0 unspecified atom stereocenters. The molecule has 0 saturated carbocycles. The molecule has 0 aliphatic carbocycles. The molecule has 13 heavy (non-hydrogen) atoms. The average molecular weight is 200 g/mol. The van der Waals surface area contributed by atoms with Gasteiger partial charge in [0.1, 0.15) is 5.75 Å². The van der Waals surface area contributed by atoms with Crippen LogP contribution in [0.3, 0.4) is 0 Å². The van der Waals surface area contributed by atoms with Gasteiger partial charge in [0, 0.05) is 17.5 Å². The van der Waals surface area contributed by atoms with Gasteiger partial charge in [0.05, 0.1) is 0 Å². The SMILES string of the molecule is Cc1cc(CCl)cc([C@@H](C)N)c1O. The molecule has 0 saturated heterocycles. The molecule has 1 rings (SSSR count). The molecule has 1 aromatic carbocycles. The Labute approximate surface area is 83.3 Å². The van der Waals surface area contributed by atoms with Crippen LogP contribution in [0.4, 0.5) is 0 Å². The number of alkyl halides is 1. The van der Waals surface area contributed by atoms with Gasteiger partial charge in [0.2, 0.25) is 0 Å². The van der Waals surface area contributed by atoms with Crippen LogP contribution in [-0.4, -0.2) is 5.11 Å². The van der Waals surface area contributed by atoms with Crippen LogP contribution in [0.2, 0.25) is 0 Å². The molecule has 0 radical (unpaired) electrons. The van der Waals surface area contributed by atoms with Gasteiger partial charge in [-0.3, -0.25) is 0 Å². The summed E-state index contributed by atoms with van der Waals surface area (Å²) >= 11 is 5.71. The largest absolute Gasteiger partial charge is 0.507 e. The summed E-state index contributed by atoms with van der Waals surface area (Å²) in [5.74, 6) is 0.727. The smallest absolute Gasteiger partial charge is 0.123 e. The molecule has 0 aromatic heterocycles. The van der Waals surface area contributed by atoms with Crippen molar-refractivity contribution >= 4 is 11.6 Å². The number of hydrogen-bond acceptors (Lipinski definition) is 2. The van der Waals surface area contributed by atoms with Crippen LogP contribution in [-0.2, 0) is 5.88 Å². The number of aryl methyl sites for hydroxylation is 1. The lowest BCUT2D eigenvalue weighted by Gasteiger charge is -2.12. The first-order chi connectivity index (χ1) is 6.06. The van der Waals surface area contributed by atoms with Gasteiger partial charge in [0.15, 0.2) is 0 Å². The fraction of sp³-hybridized carbons (Fsp3) is 0.400. The molecule has 3 heteroatoms. The van der Waals surface area contributed by atoms with E-state index in [-0.39, 0.29) is 11.8 Å². The van der Waals surface area contributed by atoms with E-state index >= 15 is 0 Å². The minimum Gasteiger partial charge on any atom is -0.507 e. The third-order valence-corrected chi connectivity index (χ3v) is 2.34. The Kier molecular flexibility index (Phi) is 3.17. The summed E-state index contributed by atoms with van der Waals surface area (Å²) in [4.78, 5) is 0. The highest BCUT2D eigenvalue weighted by atomic mass is 35.5. The molecule has 1 aromatic rings. The molecular formula is C10H14ClNO. The first-order valence-corrected chi connectivity index (χ1v) is 4.73. The lowest BCUT2D eigenvalue weighted by atomic mass is 10.0. The topological polar surface area (TPSA) is 46.2 Å². The summed E-state index contributed by atoms with van der Waals surface area (Å²) in [7, 11) is 0. The average Bonchev–Trinajstić information content (AvgIpc) is 2.09. The maximum atomic E-state index is 9.66. The van der Waals surface area contributed by atoms with E-state index in [1.807, 2.05) is 26.0 Å². The second kappa shape index (κ2) is 3.99. The minimum atomic E-state index is -0.165. The number of halogens is 1. The Morgan fingerprint density at radius 3 is 2.62 bits per heavy atom. The van der Waals surface area contributed by atoms with Crippen molar-refractivity contribution in [1.82, 2.24) is 0 Å². The Hall–Kier alpha value is -0.730. The van der Waals surface area contributed by atoms with Gasteiger partial charge < -0.3 is 10.8 Å². The monoisotopic (exact) mass is 199 g/mol. The number of rotatable bonds is 2. The second-order valence-electron chi connectivity index (χ2n) is 3.27. The van der Waals surface area contributed by atoms with Crippen molar-refractivity contribution in [3.8, 4) is 5.75 Å². The van der Waals surface area contributed by atoms with Gasteiger partial charge in [-0.25, -0.2) is 0 Å². The maximum Gasteiger partial charge on any atom is 0.123 e. The molecular weight excluding hydrogens is 186 g/mol. The van der Waals surface area contributed by atoms with E-state index < -0.39 is 0 Å². The van der Waals surface area contributed by atoms with Crippen LogP contribution in [0, 0.1) is 6.92 Å². The fourth-order valence-electron chi connectivity index (χ4n) is 1.31. The van der Waals surface area contributed by atoms with E-state index in [9.17, 15) is 5.11 Å². The van der Waals surface area contributed by atoms with Crippen LogP contribution in [0.5, 0.6) is 5.75 Å². The number of aromatic hydroxyl groups is 1.